The molecule has 1 aromatic carbocycles. The van der Waals surface area contributed by atoms with E-state index in [1.54, 1.807) is 24.4 Å². The Kier molecular flexibility index (Phi) is 8.96. The molecule has 0 radical (unpaired) electrons. The highest BCUT2D eigenvalue weighted by molar-refractivity contribution is 6.42. The maximum Gasteiger partial charge on any atom is 0.269 e. The first-order valence-electron chi connectivity index (χ1n) is 10.4. The minimum Gasteiger partial charge on any atom is -0.484 e. The molecular weight excluding hydrogens is 455 g/mol. The molecule has 0 unspecified atom stereocenters. The second-order valence-corrected chi connectivity index (χ2v) is 8.28. The van der Waals surface area contributed by atoms with Crippen LogP contribution in [0.1, 0.15) is 29.8 Å². The van der Waals surface area contributed by atoms with Gasteiger partial charge in [-0.3, -0.25) is 9.59 Å². The number of halogens is 2. The smallest absolute Gasteiger partial charge is 0.269 e. The first-order chi connectivity index (χ1) is 15.4. The molecule has 10 heteroatoms. The van der Waals surface area contributed by atoms with E-state index < -0.39 is 6.10 Å². The maximum absolute atomic E-state index is 12.2. The van der Waals surface area contributed by atoms with E-state index in [9.17, 15) is 14.7 Å². The van der Waals surface area contributed by atoms with Crippen LogP contribution in [0.4, 0.5) is 5.69 Å². The maximum atomic E-state index is 12.2. The fourth-order valence-electron chi connectivity index (χ4n) is 3.23. The molecule has 1 atom stereocenters. The third-order valence-corrected chi connectivity index (χ3v) is 5.75. The molecule has 32 heavy (non-hydrogen) atoms. The van der Waals surface area contributed by atoms with Gasteiger partial charge in [-0.25, -0.2) is 4.98 Å². The molecule has 0 saturated carbocycles. The van der Waals surface area contributed by atoms with Crippen molar-refractivity contribution in [2.24, 2.45) is 0 Å². The van der Waals surface area contributed by atoms with Crippen molar-refractivity contribution in [3.8, 4) is 5.75 Å². The Hall–Kier alpha value is -2.55. The van der Waals surface area contributed by atoms with E-state index in [0.717, 1.165) is 18.8 Å². The predicted octanol–water partition coefficient (Wildman–Crippen LogP) is 2.66. The zero-order valence-corrected chi connectivity index (χ0v) is 19.0. The number of benzene rings is 1. The number of pyridine rings is 1. The summed E-state index contributed by atoms with van der Waals surface area (Å²) in [7, 11) is 0. The van der Waals surface area contributed by atoms with E-state index in [2.05, 4.69) is 20.5 Å². The highest BCUT2D eigenvalue weighted by Gasteiger charge is 2.14. The van der Waals surface area contributed by atoms with Crippen molar-refractivity contribution >= 4 is 40.7 Å². The van der Waals surface area contributed by atoms with Crippen molar-refractivity contribution < 1.29 is 19.4 Å². The van der Waals surface area contributed by atoms with Crippen molar-refractivity contribution in [3.63, 3.8) is 0 Å². The number of rotatable bonds is 10. The molecule has 172 valence electrons. The van der Waals surface area contributed by atoms with Gasteiger partial charge in [-0.15, -0.1) is 0 Å². The lowest BCUT2D eigenvalue weighted by atomic mass is 10.2. The fraction of sp³-hybridized carbons (Fsp3) is 0.409. The number of aliphatic hydroxyl groups excluding tert-OH is 1. The largest absolute Gasteiger partial charge is 0.484 e. The molecule has 2 heterocycles. The summed E-state index contributed by atoms with van der Waals surface area (Å²) in [6.45, 7) is 2.11. The van der Waals surface area contributed by atoms with Crippen LogP contribution < -0.4 is 20.3 Å². The van der Waals surface area contributed by atoms with Gasteiger partial charge in [0.05, 0.1) is 28.0 Å². The molecule has 1 aliphatic heterocycles. The number of aromatic nitrogens is 1. The number of nitrogens with one attached hydrogen (secondary N) is 2. The van der Waals surface area contributed by atoms with Crippen LogP contribution in [0.5, 0.6) is 5.75 Å². The summed E-state index contributed by atoms with van der Waals surface area (Å²) in [4.78, 5) is 30.6. The molecule has 1 aliphatic rings. The lowest BCUT2D eigenvalue weighted by molar-refractivity contribution is -0.123. The molecule has 0 spiro atoms. The number of hydrogen-bond donors (Lipinski definition) is 3. The van der Waals surface area contributed by atoms with Gasteiger partial charge in [0, 0.05) is 32.2 Å². The summed E-state index contributed by atoms with van der Waals surface area (Å²) in [6, 6.07) is 8.30. The lowest BCUT2D eigenvalue weighted by Crippen LogP contribution is -2.37. The minimum absolute atomic E-state index is 0.0439. The average molecular weight is 481 g/mol. The van der Waals surface area contributed by atoms with Crippen LogP contribution >= 0.6 is 23.2 Å². The van der Waals surface area contributed by atoms with E-state index >= 15 is 0 Å². The van der Waals surface area contributed by atoms with Crippen molar-refractivity contribution in [2.45, 2.75) is 25.4 Å². The number of carbonyl (C=O) groups is 2. The van der Waals surface area contributed by atoms with Crippen LogP contribution in [0, 0.1) is 0 Å². The standard InChI is InChI=1S/C22H26Cl2N4O4/c23-18-5-4-17(11-19(18)24)32-14-21(30)27-13-16(29)7-8-25-22(31)20-6-3-15(12-26-20)28-9-1-2-10-28/h3-6,11-12,16,29H,1-2,7-10,13-14H2,(H,25,31)(H,27,30)/t16-/m0/s1. The number of anilines is 1. The summed E-state index contributed by atoms with van der Waals surface area (Å²) in [5.41, 5.74) is 1.35. The third-order valence-electron chi connectivity index (χ3n) is 5.01. The van der Waals surface area contributed by atoms with Crippen molar-refractivity contribution in [3.05, 3.63) is 52.3 Å². The molecule has 2 aromatic rings. The Morgan fingerprint density at radius 1 is 1.12 bits per heavy atom. The van der Waals surface area contributed by atoms with Gasteiger partial charge in [0.1, 0.15) is 11.4 Å². The molecule has 2 amide bonds. The summed E-state index contributed by atoms with van der Waals surface area (Å²) >= 11 is 11.7. The Morgan fingerprint density at radius 2 is 1.91 bits per heavy atom. The van der Waals surface area contributed by atoms with Crippen molar-refractivity contribution in [1.29, 1.82) is 0 Å². The van der Waals surface area contributed by atoms with Crippen LogP contribution in [0.2, 0.25) is 10.0 Å². The fourth-order valence-corrected chi connectivity index (χ4v) is 3.51. The van der Waals surface area contributed by atoms with E-state index in [1.807, 2.05) is 6.07 Å². The molecule has 3 N–H and O–H groups in total. The second kappa shape index (κ2) is 11.9. The van der Waals surface area contributed by atoms with Crippen LogP contribution in [-0.4, -0.2) is 60.8 Å². The first-order valence-corrected chi connectivity index (χ1v) is 11.2. The lowest BCUT2D eigenvalue weighted by Gasteiger charge is -2.17. The zero-order chi connectivity index (χ0) is 22.9. The second-order valence-electron chi connectivity index (χ2n) is 7.46. The van der Waals surface area contributed by atoms with Gasteiger partial charge < -0.3 is 25.4 Å². The number of carbonyl (C=O) groups excluding carboxylic acids is 2. The topological polar surface area (TPSA) is 104 Å². The van der Waals surface area contributed by atoms with Crippen LogP contribution in [0.25, 0.3) is 0 Å². The van der Waals surface area contributed by atoms with Gasteiger partial charge in [-0.05, 0) is 43.5 Å². The predicted molar refractivity (Wildman–Crippen MR) is 124 cm³/mol. The quantitative estimate of drug-likeness (QED) is 0.482. The number of amides is 2. The Labute approximate surface area is 196 Å². The van der Waals surface area contributed by atoms with E-state index in [4.69, 9.17) is 27.9 Å². The summed E-state index contributed by atoms with van der Waals surface area (Å²) in [5.74, 6) is -0.273. The highest BCUT2D eigenvalue weighted by atomic mass is 35.5. The monoisotopic (exact) mass is 480 g/mol. The molecule has 3 rings (SSSR count). The third kappa shape index (κ3) is 7.25. The Morgan fingerprint density at radius 3 is 2.59 bits per heavy atom. The van der Waals surface area contributed by atoms with Crippen LogP contribution in [0.3, 0.4) is 0 Å². The Balaban J connectivity index is 1.31. The van der Waals surface area contributed by atoms with E-state index in [-0.39, 0.29) is 37.9 Å². The van der Waals surface area contributed by atoms with Crippen molar-refractivity contribution in [2.75, 3.05) is 37.7 Å². The Bertz CT molecular complexity index is 921. The molecule has 1 saturated heterocycles. The van der Waals surface area contributed by atoms with E-state index in [0.29, 0.717) is 21.5 Å². The van der Waals surface area contributed by atoms with Crippen LogP contribution in [0.15, 0.2) is 36.5 Å². The number of nitrogens with zero attached hydrogens (tertiary/aromatic N) is 2. The van der Waals surface area contributed by atoms with Gasteiger partial charge in [0.25, 0.3) is 11.8 Å². The first kappa shape index (κ1) is 24.1. The zero-order valence-electron chi connectivity index (χ0n) is 17.5. The molecule has 1 aromatic heterocycles. The average Bonchev–Trinajstić information content (AvgIpc) is 3.33. The van der Waals surface area contributed by atoms with Gasteiger partial charge in [-0.1, -0.05) is 23.2 Å². The molecule has 0 aliphatic carbocycles. The molecule has 0 bridgehead atoms. The molecular formula is C22H26Cl2N4O4. The number of hydrogen-bond acceptors (Lipinski definition) is 6. The van der Waals surface area contributed by atoms with E-state index in [1.165, 1.54) is 18.9 Å². The van der Waals surface area contributed by atoms with Crippen LogP contribution in [-0.2, 0) is 4.79 Å². The van der Waals surface area contributed by atoms with Gasteiger partial charge >= 0.3 is 0 Å². The van der Waals surface area contributed by atoms with Gasteiger partial charge in [0.2, 0.25) is 0 Å². The SMILES string of the molecule is O=C(COc1ccc(Cl)c(Cl)c1)NC[C@@H](O)CCNC(=O)c1ccc(N2CCCC2)cn1. The number of ether oxygens (including phenoxy) is 1. The summed E-state index contributed by atoms with van der Waals surface area (Å²) in [6.07, 6.45) is 3.54. The molecule has 1 fully saturated rings. The van der Waals surface area contributed by atoms with Gasteiger partial charge in [0.15, 0.2) is 6.61 Å². The normalized spacial score (nSPS) is 14.2. The van der Waals surface area contributed by atoms with Gasteiger partial charge in [-0.2, -0.15) is 0 Å². The summed E-state index contributed by atoms with van der Waals surface area (Å²) in [5, 5.41) is 16.1. The van der Waals surface area contributed by atoms with Crippen molar-refractivity contribution in [1.82, 2.24) is 15.6 Å². The highest BCUT2D eigenvalue weighted by Crippen LogP contribution is 2.26. The minimum atomic E-state index is -0.810. The summed E-state index contributed by atoms with van der Waals surface area (Å²) < 4.78 is 5.33. The number of aliphatic hydroxyl groups is 1. The molecule has 8 nitrogen and oxygen atoms in total.